The van der Waals surface area contributed by atoms with Crippen molar-refractivity contribution in [3.05, 3.63) is 22.4 Å². The molecule has 0 aliphatic heterocycles. The second-order valence-corrected chi connectivity index (χ2v) is 5.55. The lowest BCUT2D eigenvalue weighted by Crippen LogP contribution is -2.05. The normalized spacial score (nSPS) is 12.4. The van der Waals surface area contributed by atoms with Crippen LogP contribution in [0.5, 0.6) is 0 Å². The molecule has 0 radical (unpaired) electrons. The summed E-state index contributed by atoms with van der Waals surface area (Å²) in [7, 11) is 0. The van der Waals surface area contributed by atoms with Crippen LogP contribution >= 0.6 is 27.3 Å². The Labute approximate surface area is 96.4 Å². The number of ether oxygens (including phenoxy) is 1. The fraction of sp³-hybridized carbons (Fsp3) is 0.500. The van der Waals surface area contributed by atoms with Crippen molar-refractivity contribution < 1.29 is 9.53 Å². The minimum absolute atomic E-state index is 0.206. The van der Waals surface area contributed by atoms with E-state index in [1.165, 1.54) is 11.3 Å². The Morgan fingerprint density at radius 2 is 2.50 bits per heavy atom. The highest BCUT2D eigenvalue weighted by atomic mass is 79.9. The summed E-state index contributed by atoms with van der Waals surface area (Å²) in [5.74, 6) is -0.206. The Kier molecular flexibility index (Phi) is 5.19. The molecular weight excluding hydrogens is 264 g/mol. The molecule has 0 saturated carbocycles. The van der Waals surface area contributed by atoms with Crippen molar-refractivity contribution in [3.8, 4) is 0 Å². The molecule has 14 heavy (non-hydrogen) atoms. The molecule has 0 aliphatic rings. The fourth-order valence-corrected chi connectivity index (χ4v) is 1.94. The molecule has 1 atom stereocenters. The van der Waals surface area contributed by atoms with Crippen molar-refractivity contribution in [2.45, 2.75) is 24.6 Å². The summed E-state index contributed by atoms with van der Waals surface area (Å²) in [4.78, 5) is 12.5. The van der Waals surface area contributed by atoms with Crippen molar-refractivity contribution in [2.24, 2.45) is 0 Å². The van der Waals surface area contributed by atoms with Gasteiger partial charge in [-0.3, -0.25) is 0 Å². The summed E-state index contributed by atoms with van der Waals surface area (Å²) in [6, 6.07) is 3.63. The molecule has 0 aromatic carbocycles. The zero-order chi connectivity index (χ0) is 10.4. The SMILES string of the molecule is CC(Br)CCCOC(=O)c1cccs1. The molecule has 1 unspecified atom stereocenters. The van der Waals surface area contributed by atoms with Crippen LogP contribution in [0, 0.1) is 0 Å². The summed E-state index contributed by atoms with van der Waals surface area (Å²) >= 11 is 4.85. The van der Waals surface area contributed by atoms with Gasteiger partial charge in [-0.25, -0.2) is 4.79 Å². The molecule has 78 valence electrons. The minimum atomic E-state index is -0.206. The van der Waals surface area contributed by atoms with Gasteiger partial charge < -0.3 is 4.74 Å². The van der Waals surface area contributed by atoms with Gasteiger partial charge in [0.15, 0.2) is 0 Å². The van der Waals surface area contributed by atoms with Crippen LogP contribution in [0.15, 0.2) is 17.5 Å². The average molecular weight is 277 g/mol. The van der Waals surface area contributed by atoms with E-state index in [-0.39, 0.29) is 5.97 Å². The first kappa shape index (κ1) is 11.7. The highest BCUT2D eigenvalue weighted by molar-refractivity contribution is 9.09. The maximum absolute atomic E-state index is 11.3. The molecule has 0 saturated heterocycles. The Hall–Kier alpha value is -0.350. The molecule has 1 aromatic heterocycles. The number of carbonyl (C=O) groups excluding carboxylic acids is 1. The summed E-state index contributed by atoms with van der Waals surface area (Å²) in [6.45, 7) is 2.59. The zero-order valence-corrected chi connectivity index (χ0v) is 10.4. The number of rotatable bonds is 5. The van der Waals surface area contributed by atoms with Gasteiger partial charge in [0.2, 0.25) is 0 Å². The van der Waals surface area contributed by atoms with Gasteiger partial charge in [0.1, 0.15) is 4.88 Å². The zero-order valence-electron chi connectivity index (χ0n) is 8.03. The maximum Gasteiger partial charge on any atom is 0.348 e. The van der Waals surface area contributed by atoms with Gasteiger partial charge in [-0.15, -0.1) is 11.3 Å². The van der Waals surface area contributed by atoms with E-state index >= 15 is 0 Å². The highest BCUT2D eigenvalue weighted by Gasteiger charge is 2.07. The Morgan fingerprint density at radius 3 is 3.07 bits per heavy atom. The first-order valence-corrected chi connectivity index (χ1v) is 6.34. The molecule has 1 heterocycles. The van der Waals surface area contributed by atoms with Crippen LogP contribution in [0.2, 0.25) is 0 Å². The monoisotopic (exact) mass is 276 g/mol. The molecule has 0 spiro atoms. The van der Waals surface area contributed by atoms with E-state index in [9.17, 15) is 4.79 Å². The first-order valence-electron chi connectivity index (χ1n) is 4.55. The maximum atomic E-state index is 11.3. The molecule has 1 rings (SSSR count). The topological polar surface area (TPSA) is 26.3 Å². The lowest BCUT2D eigenvalue weighted by Gasteiger charge is -2.04. The molecule has 1 aromatic rings. The van der Waals surface area contributed by atoms with Crippen molar-refractivity contribution in [2.75, 3.05) is 6.61 Å². The van der Waals surface area contributed by atoms with Gasteiger partial charge in [0.25, 0.3) is 0 Å². The van der Waals surface area contributed by atoms with Crippen LogP contribution in [-0.2, 0) is 4.74 Å². The molecule has 2 nitrogen and oxygen atoms in total. The number of halogens is 1. The van der Waals surface area contributed by atoms with Gasteiger partial charge in [-0.2, -0.15) is 0 Å². The van der Waals surface area contributed by atoms with Crippen LogP contribution in [0.3, 0.4) is 0 Å². The van der Waals surface area contributed by atoms with Crippen LogP contribution in [0.4, 0.5) is 0 Å². The van der Waals surface area contributed by atoms with Crippen molar-refractivity contribution >= 4 is 33.2 Å². The number of carbonyl (C=O) groups is 1. The van der Waals surface area contributed by atoms with E-state index in [1.54, 1.807) is 6.07 Å². The molecule has 0 N–H and O–H groups in total. The van der Waals surface area contributed by atoms with Gasteiger partial charge in [-0.1, -0.05) is 28.9 Å². The number of hydrogen-bond donors (Lipinski definition) is 0. The lowest BCUT2D eigenvalue weighted by molar-refractivity contribution is 0.0504. The van der Waals surface area contributed by atoms with Gasteiger partial charge in [0.05, 0.1) is 6.61 Å². The van der Waals surface area contributed by atoms with E-state index in [1.807, 2.05) is 11.4 Å². The first-order chi connectivity index (χ1) is 6.70. The summed E-state index contributed by atoms with van der Waals surface area (Å²) in [5.41, 5.74) is 0. The number of alkyl halides is 1. The lowest BCUT2D eigenvalue weighted by atomic mass is 10.3. The predicted octanol–water partition coefficient (Wildman–Crippen LogP) is 3.47. The third-order valence-electron chi connectivity index (χ3n) is 1.70. The van der Waals surface area contributed by atoms with E-state index in [2.05, 4.69) is 22.9 Å². The number of hydrogen-bond acceptors (Lipinski definition) is 3. The summed E-state index contributed by atoms with van der Waals surface area (Å²) < 4.78 is 5.09. The Morgan fingerprint density at radius 1 is 1.71 bits per heavy atom. The molecule has 0 aliphatic carbocycles. The van der Waals surface area contributed by atoms with Crippen molar-refractivity contribution in [3.63, 3.8) is 0 Å². The molecule has 4 heteroatoms. The van der Waals surface area contributed by atoms with E-state index in [0.717, 1.165) is 12.8 Å². The van der Waals surface area contributed by atoms with Crippen LogP contribution in [0.25, 0.3) is 0 Å². The quantitative estimate of drug-likeness (QED) is 0.468. The largest absolute Gasteiger partial charge is 0.462 e. The number of esters is 1. The molecular formula is C10H13BrO2S. The standard InChI is InChI=1S/C10H13BrO2S/c1-8(11)4-2-6-13-10(12)9-5-3-7-14-9/h3,5,7-8H,2,4,6H2,1H3. The van der Waals surface area contributed by atoms with Crippen LogP contribution in [0.1, 0.15) is 29.4 Å². The van der Waals surface area contributed by atoms with Crippen LogP contribution in [-0.4, -0.2) is 17.4 Å². The molecule has 0 bridgehead atoms. The van der Waals surface area contributed by atoms with E-state index in [0.29, 0.717) is 16.3 Å². The van der Waals surface area contributed by atoms with Gasteiger partial charge >= 0.3 is 5.97 Å². The second kappa shape index (κ2) is 6.19. The average Bonchev–Trinajstić information content (AvgIpc) is 2.64. The summed E-state index contributed by atoms with van der Waals surface area (Å²) in [6.07, 6.45) is 1.93. The van der Waals surface area contributed by atoms with Crippen molar-refractivity contribution in [1.29, 1.82) is 0 Å². The van der Waals surface area contributed by atoms with Gasteiger partial charge in [-0.05, 0) is 24.3 Å². The van der Waals surface area contributed by atoms with E-state index in [4.69, 9.17) is 4.74 Å². The van der Waals surface area contributed by atoms with Gasteiger partial charge in [0, 0.05) is 4.83 Å². The minimum Gasteiger partial charge on any atom is -0.462 e. The predicted molar refractivity (Wildman–Crippen MR) is 62.2 cm³/mol. The van der Waals surface area contributed by atoms with E-state index < -0.39 is 0 Å². The highest BCUT2D eigenvalue weighted by Crippen LogP contribution is 2.11. The Bertz CT molecular complexity index is 270. The summed E-state index contributed by atoms with van der Waals surface area (Å²) in [5, 5.41) is 1.87. The smallest absolute Gasteiger partial charge is 0.348 e. The number of thiophene rings is 1. The second-order valence-electron chi connectivity index (χ2n) is 3.04. The van der Waals surface area contributed by atoms with Crippen LogP contribution < -0.4 is 0 Å². The third-order valence-corrected chi connectivity index (χ3v) is 3.01. The fourth-order valence-electron chi connectivity index (χ4n) is 0.995. The molecule has 0 fully saturated rings. The molecule has 0 amide bonds. The van der Waals surface area contributed by atoms with Crippen molar-refractivity contribution in [1.82, 2.24) is 0 Å². The Balaban J connectivity index is 2.16. The third kappa shape index (κ3) is 4.24.